The average Bonchev–Trinajstić information content (AvgIpc) is 2.90. The van der Waals surface area contributed by atoms with Gasteiger partial charge in [-0.25, -0.2) is 9.37 Å². The number of carbonyl (C=O) groups is 1. The van der Waals surface area contributed by atoms with Gasteiger partial charge in [-0.15, -0.1) is 0 Å². The van der Waals surface area contributed by atoms with Gasteiger partial charge in [0.05, 0.1) is 22.7 Å². The number of aromatic nitrogens is 2. The van der Waals surface area contributed by atoms with Crippen molar-refractivity contribution in [2.75, 3.05) is 24.5 Å². The van der Waals surface area contributed by atoms with Gasteiger partial charge >= 0.3 is 0 Å². The lowest BCUT2D eigenvalue weighted by molar-refractivity contribution is -0.385. The van der Waals surface area contributed by atoms with E-state index in [1.165, 1.54) is 18.6 Å². The Morgan fingerprint density at radius 2 is 1.81 bits per heavy atom. The van der Waals surface area contributed by atoms with Gasteiger partial charge in [-0.2, -0.15) is 4.98 Å². The highest BCUT2D eigenvalue weighted by Crippen LogP contribution is 2.33. The van der Waals surface area contributed by atoms with E-state index >= 15 is 0 Å². The number of aryl methyl sites for hydroxylation is 2. The van der Waals surface area contributed by atoms with Crippen LogP contribution in [0.3, 0.4) is 0 Å². The van der Waals surface area contributed by atoms with E-state index in [4.69, 9.17) is 14.7 Å². The van der Waals surface area contributed by atoms with Crippen molar-refractivity contribution < 1.29 is 18.8 Å². The Kier molecular flexibility index (Phi) is 6.73. The highest BCUT2D eigenvalue weighted by Gasteiger charge is 2.29. The number of nitro benzene ring substituents is 1. The van der Waals surface area contributed by atoms with Crippen molar-refractivity contribution in [3.63, 3.8) is 0 Å². The molecule has 2 aromatic carbocycles. The summed E-state index contributed by atoms with van der Waals surface area (Å²) in [5.74, 6) is 0.750. The van der Waals surface area contributed by atoms with Crippen LogP contribution in [0.1, 0.15) is 52.0 Å². The third kappa shape index (κ3) is 5.09. The fourth-order valence-electron chi connectivity index (χ4n) is 4.78. The van der Waals surface area contributed by atoms with Gasteiger partial charge in [-0.05, 0) is 62.9 Å². The van der Waals surface area contributed by atoms with E-state index in [2.05, 4.69) is 4.90 Å². The molecule has 37 heavy (non-hydrogen) atoms. The smallest absolute Gasteiger partial charge is 0.273 e. The molecule has 1 saturated heterocycles. The molecule has 0 saturated carbocycles. The van der Waals surface area contributed by atoms with Crippen LogP contribution in [-0.2, 0) is 13.0 Å². The SMILES string of the molecule is Cc1cc(Oc2nc(N3CCCCC3)nc3c2CN(C(=O)c2ccc(C)c([N+](=O)[O-])c2)CC3)ccc1F. The Hall–Kier alpha value is -4.08. The van der Waals surface area contributed by atoms with Gasteiger partial charge in [-0.1, -0.05) is 6.07 Å². The van der Waals surface area contributed by atoms with Crippen LogP contribution in [0.25, 0.3) is 0 Å². The third-order valence-corrected chi connectivity index (χ3v) is 6.93. The molecule has 5 rings (SSSR count). The number of hydrogen-bond donors (Lipinski definition) is 0. The lowest BCUT2D eigenvalue weighted by atomic mass is 10.0. The molecular weight excluding hydrogens is 477 g/mol. The van der Waals surface area contributed by atoms with Gasteiger partial charge < -0.3 is 14.5 Å². The molecule has 3 heterocycles. The maximum absolute atomic E-state index is 13.8. The summed E-state index contributed by atoms with van der Waals surface area (Å²) in [5, 5.41) is 11.4. The van der Waals surface area contributed by atoms with Crippen molar-refractivity contribution in [2.45, 2.75) is 46.1 Å². The van der Waals surface area contributed by atoms with Gasteiger partial charge in [0.1, 0.15) is 11.6 Å². The zero-order valence-electron chi connectivity index (χ0n) is 20.9. The standard InChI is InChI=1S/C27H28FN5O4/c1-17-6-7-19(15-24(17)33(35)36)26(34)32-13-10-23-21(16-32)25(37-20-8-9-22(28)18(2)14-20)30-27(29-23)31-11-4-3-5-12-31/h6-9,14-15H,3-5,10-13,16H2,1-2H3. The van der Waals surface area contributed by atoms with Crippen molar-refractivity contribution in [3.8, 4) is 11.6 Å². The number of ether oxygens (including phenoxy) is 1. The van der Waals surface area contributed by atoms with Crippen LogP contribution in [0.4, 0.5) is 16.0 Å². The molecule has 0 radical (unpaired) electrons. The van der Waals surface area contributed by atoms with E-state index in [0.29, 0.717) is 47.2 Å². The van der Waals surface area contributed by atoms with E-state index in [-0.39, 0.29) is 29.5 Å². The van der Waals surface area contributed by atoms with Crippen LogP contribution >= 0.6 is 0 Å². The topological polar surface area (TPSA) is 102 Å². The number of amides is 1. The highest BCUT2D eigenvalue weighted by molar-refractivity contribution is 5.95. The van der Waals surface area contributed by atoms with Crippen molar-refractivity contribution in [2.24, 2.45) is 0 Å². The number of benzene rings is 2. The first-order valence-electron chi connectivity index (χ1n) is 12.4. The van der Waals surface area contributed by atoms with E-state index < -0.39 is 4.92 Å². The molecule has 192 valence electrons. The summed E-state index contributed by atoms with van der Waals surface area (Å²) in [6.45, 7) is 5.65. The van der Waals surface area contributed by atoms with Crippen LogP contribution in [0, 0.1) is 29.8 Å². The number of rotatable bonds is 5. The van der Waals surface area contributed by atoms with Crippen LogP contribution in [-0.4, -0.2) is 45.3 Å². The Bertz CT molecular complexity index is 1370. The van der Waals surface area contributed by atoms with E-state index in [1.54, 1.807) is 43.0 Å². The van der Waals surface area contributed by atoms with Crippen molar-refractivity contribution in [1.82, 2.24) is 14.9 Å². The fourth-order valence-corrected chi connectivity index (χ4v) is 4.78. The van der Waals surface area contributed by atoms with Crippen LogP contribution in [0.5, 0.6) is 11.6 Å². The van der Waals surface area contributed by atoms with Gasteiger partial charge in [0.2, 0.25) is 11.8 Å². The van der Waals surface area contributed by atoms with Crippen LogP contribution in [0.2, 0.25) is 0 Å². The molecule has 2 aliphatic heterocycles. The average molecular weight is 506 g/mol. The normalized spacial score (nSPS) is 15.3. The fraction of sp³-hybridized carbons (Fsp3) is 0.370. The second-order valence-corrected chi connectivity index (χ2v) is 9.55. The molecule has 0 bridgehead atoms. The minimum absolute atomic E-state index is 0.0894. The van der Waals surface area contributed by atoms with Crippen molar-refractivity contribution in [1.29, 1.82) is 0 Å². The molecule has 10 heteroatoms. The molecule has 2 aliphatic rings. The minimum atomic E-state index is -0.482. The van der Waals surface area contributed by atoms with Crippen molar-refractivity contribution in [3.05, 3.63) is 80.3 Å². The number of hydrogen-bond acceptors (Lipinski definition) is 7. The number of fused-ring (bicyclic) bond motifs is 1. The Labute approximate surface area is 214 Å². The largest absolute Gasteiger partial charge is 0.438 e. The van der Waals surface area contributed by atoms with Gasteiger partial charge in [0.15, 0.2) is 0 Å². The molecule has 9 nitrogen and oxygen atoms in total. The summed E-state index contributed by atoms with van der Waals surface area (Å²) in [6, 6.07) is 9.03. The van der Waals surface area contributed by atoms with Crippen LogP contribution in [0.15, 0.2) is 36.4 Å². The summed E-state index contributed by atoms with van der Waals surface area (Å²) in [4.78, 5) is 37.6. The Balaban J connectivity index is 1.48. The molecule has 0 atom stereocenters. The number of halogens is 1. The molecule has 1 amide bonds. The number of nitro groups is 1. The summed E-state index contributed by atoms with van der Waals surface area (Å²) in [7, 11) is 0. The first-order valence-corrected chi connectivity index (χ1v) is 12.4. The van der Waals surface area contributed by atoms with E-state index in [0.717, 1.165) is 31.6 Å². The Morgan fingerprint density at radius 3 is 2.54 bits per heavy atom. The second-order valence-electron chi connectivity index (χ2n) is 9.55. The second kappa shape index (κ2) is 10.1. The predicted octanol–water partition coefficient (Wildman–Crippen LogP) is 5.12. The zero-order chi connectivity index (χ0) is 26.1. The maximum Gasteiger partial charge on any atom is 0.273 e. The summed E-state index contributed by atoms with van der Waals surface area (Å²) >= 11 is 0. The molecule has 0 N–H and O–H groups in total. The predicted molar refractivity (Wildman–Crippen MR) is 136 cm³/mol. The zero-order valence-corrected chi connectivity index (χ0v) is 20.9. The van der Waals surface area contributed by atoms with Gasteiger partial charge in [-0.3, -0.25) is 14.9 Å². The molecule has 1 aromatic heterocycles. The van der Waals surface area contributed by atoms with Crippen molar-refractivity contribution >= 4 is 17.5 Å². The van der Waals surface area contributed by atoms with Crippen LogP contribution < -0.4 is 9.64 Å². The summed E-state index contributed by atoms with van der Waals surface area (Å²) < 4.78 is 20.0. The number of piperidine rings is 1. The number of carbonyl (C=O) groups excluding carboxylic acids is 1. The Morgan fingerprint density at radius 1 is 1.03 bits per heavy atom. The summed E-state index contributed by atoms with van der Waals surface area (Å²) in [6.07, 6.45) is 3.81. The van der Waals surface area contributed by atoms with Gasteiger partial charge in [0.25, 0.3) is 11.6 Å². The monoisotopic (exact) mass is 505 g/mol. The third-order valence-electron chi connectivity index (χ3n) is 6.93. The molecule has 3 aromatic rings. The van der Waals surface area contributed by atoms with Gasteiger partial charge in [0, 0.05) is 43.2 Å². The number of nitrogens with zero attached hydrogens (tertiary/aromatic N) is 5. The lowest BCUT2D eigenvalue weighted by Crippen LogP contribution is -2.37. The first-order chi connectivity index (χ1) is 17.8. The van der Waals surface area contributed by atoms with E-state index in [9.17, 15) is 19.3 Å². The lowest BCUT2D eigenvalue weighted by Gasteiger charge is -2.32. The quantitative estimate of drug-likeness (QED) is 0.350. The summed E-state index contributed by atoms with van der Waals surface area (Å²) in [5.41, 5.74) is 2.60. The minimum Gasteiger partial charge on any atom is -0.438 e. The molecule has 0 unspecified atom stereocenters. The maximum atomic E-state index is 13.8. The van der Waals surface area contributed by atoms with E-state index in [1.807, 2.05) is 0 Å². The molecule has 1 fully saturated rings. The molecular formula is C27H28FN5O4. The number of anilines is 1. The molecule has 0 aliphatic carbocycles. The highest BCUT2D eigenvalue weighted by atomic mass is 19.1. The molecule has 0 spiro atoms. The first kappa shape index (κ1) is 24.6.